The van der Waals surface area contributed by atoms with E-state index in [1.54, 1.807) is 37.3 Å². The standard InChI is InChI=1S/C19H20N6O3S2/c1-24(2)19-23-11-17(29-19)30(27,28)15-5-4-14(21-10-15)9-22-18(26)13-3-6-16-20-7-8-25(16)12-13/h3-6,10-12H,7-9H2,1-2H3,(H,22,26). The largest absolute Gasteiger partial charge is 0.354 e. The number of aliphatic imine (C=N–C) groups is 1. The average molecular weight is 445 g/mol. The van der Waals surface area contributed by atoms with Crippen molar-refractivity contribution in [2.45, 2.75) is 15.6 Å². The fourth-order valence-electron chi connectivity index (χ4n) is 2.91. The van der Waals surface area contributed by atoms with Crippen molar-refractivity contribution in [3.63, 3.8) is 0 Å². The lowest BCUT2D eigenvalue weighted by Gasteiger charge is -2.18. The van der Waals surface area contributed by atoms with Gasteiger partial charge in [-0.3, -0.25) is 14.8 Å². The average Bonchev–Trinajstić information content (AvgIpc) is 3.41. The molecule has 2 aliphatic heterocycles. The van der Waals surface area contributed by atoms with Gasteiger partial charge in [0, 0.05) is 33.0 Å². The molecule has 0 saturated heterocycles. The van der Waals surface area contributed by atoms with Gasteiger partial charge in [0.1, 0.15) is 10.0 Å². The topological polar surface area (TPSA) is 108 Å². The molecule has 2 aromatic rings. The molecule has 0 spiro atoms. The number of amides is 1. The summed E-state index contributed by atoms with van der Waals surface area (Å²) in [5.74, 6) is 0.639. The van der Waals surface area contributed by atoms with Crippen molar-refractivity contribution in [2.24, 2.45) is 4.99 Å². The summed E-state index contributed by atoms with van der Waals surface area (Å²) in [4.78, 5) is 28.8. The van der Waals surface area contributed by atoms with Gasteiger partial charge in [-0.05, 0) is 24.3 Å². The fraction of sp³-hybridized carbons (Fsp3) is 0.263. The summed E-state index contributed by atoms with van der Waals surface area (Å²) in [6.45, 7) is 1.68. The van der Waals surface area contributed by atoms with E-state index in [0.29, 0.717) is 16.4 Å². The Morgan fingerprint density at radius 1 is 1.23 bits per heavy atom. The van der Waals surface area contributed by atoms with Gasteiger partial charge >= 0.3 is 0 Å². The molecular formula is C19H20N6O3S2. The van der Waals surface area contributed by atoms with Gasteiger partial charge in [0.05, 0.1) is 35.4 Å². The molecule has 9 nitrogen and oxygen atoms in total. The first-order chi connectivity index (χ1) is 14.3. The van der Waals surface area contributed by atoms with Crippen LogP contribution in [0, 0.1) is 0 Å². The number of fused-ring (bicyclic) bond motifs is 1. The second-order valence-corrected chi connectivity index (χ2v) is 10.1. The number of anilines is 1. The lowest BCUT2D eigenvalue weighted by molar-refractivity contribution is -0.117. The molecule has 30 heavy (non-hydrogen) atoms. The summed E-state index contributed by atoms with van der Waals surface area (Å²) in [6.07, 6.45) is 7.99. The predicted octanol–water partition coefficient (Wildman–Crippen LogP) is 1.22. The number of carbonyl (C=O) groups is 1. The van der Waals surface area contributed by atoms with E-state index in [1.165, 1.54) is 18.5 Å². The van der Waals surface area contributed by atoms with Gasteiger partial charge in [0.2, 0.25) is 9.84 Å². The number of nitrogens with zero attached hydrogens (tertiary/aromatic N) is 5. The van der Waals surface area contributed by atoms with Crippen LogP contribution in [0.5, 0.6) is 0 Å². The highest BCUT2D eigenvalue weighted by Crippen LogP contribution is 2.29. The van der Waals surface area contributed by atoms with Crippen molar-refractivity contribution in [1.82, 2.24) is 20.2 Å². The molecule has 0 aromatic carbocycles. The number of thiazole rings is 1. The zero-order valence-electron chi connectivity index (χ0n) is 16.4. The van der Waals surface area contributed by atoms with Crippen LogP contribution in [0.2, 0.25) is 0 Å². The Hall–Kier alpha value is -3.05. The molecule has 1 N–H and O–H groups in total. The molecule has 0 saturated carbocycles. The van der Waals surface area contributed by atoms with Crippen molar-refractivity contribution in [3.8, 4) is 0 Å². The molecule has 0 aliphatic carbocycles. The zero-order chi connectivity index (χ0) is 21.3. The number of hydrogen-bond acceptors (Lipinski definition) is 9. The Labute approximate surface area is 178 Å². The predicted molar refractivity (Wildman–Crippen MR) is 114 cm³/mol. The van der Waals surface area contributed by atoms with Crippen LogP contribution in [0.3, 0.4) is 0 Å². The van der Waals surface area contributed by atoms with E-state index < -0.39 is 9.84 Å². The van der Waals surface area contributed by atoms with Gasteiger partial charge < -0.3 is 15.1 Å². The minimum atomic E-state index is -3.68. The molecular weight excluding hydrogens is 424 g/mol. The third kappa shape index (κ3) is 3.98. The number of nitrogens with one attached hydrogen (secondary N) is 1. The van der Waals surface area contributed by atoms with Crippen LogP contribution in [-0.4, -0.2) is 62.2 Å². The number of carbonyl (C=O) groups excluding carboxylic acids is 1. The van der Waals surface area contributed by atoms with Crippen molar-refractivity contribution >= 4 is 38.0 Å². The van der Waals surface area contributed by atoms with Gasteiger partial charge in [-0.15, -0.1) is 0 Å². The number of pyridine rings is 1. The van der Waals surface area contributed by atoms with Crippen LogP contribution in [0.15, 0.2) is 62.5 Å². The Balaban J connectivity index is 1.40. The first-order valence-electron chi connectivity index (χ1n) is 9.17. The second kappa shape index (κ2) is 8.00. The minimum absolute atomic E-state index is 0.0882. The maximum atomic E-state index is 12.8. The lowest BCUT2D eigenvalue weighted by Crippen LogP contribution is -2.29. The number of aromatic nitrogens is 2. The molecule has 0 radical (unpaired) electrons. The van der Waals surface area contributed by atoms with Crippen molar-refractivity contribution in [3.05, 3.63) is 54.1 Å². The first kappa shape index (κ1) is 20.2. The second-order valence-electron chi connectivity index (χ2n) is 6.88. The Morgan fingerprint density at radius 3 is 2.77 bits per heavy atom. The van der Waals surface area contributed by atoms with Gasteiger partial charge in [-0.25, -0.2) is 13.4 Å². The molecule has 11 heteroatoms. The molecule has 0 bridgehead atoms. The number of sulfone groups is 1. The van der Waals surface area contributed by atoms with Gasteiger partial charge in [0.15, 0.2) is 5.13 Å². The zero-order valence-corrected chi connectivity index (χ0v) is 18.1. The van der Waals surface area contributed by atoms with Gasteiger partial charge in [-0.1, -0.05) is 11.3 Å². The highest BCUT2D eigenvalue weighted by molar-refractivity contribution is 7.93. The molecule has 0 fully saturated rings. The molecule has 2 aliphatic rings. The maximum absolute atomic E-state index is 12.8. The summed E-state index contributed by atoms with van der Waals surface area (Å²) >= 11 is 1.10. The number of hydrogen-bond donors (Lipinski definition) is 1. The molecule has 156 valence electrons. The van der Waals surface area contributed by atoms with E-state index in [9.17, 15) is 13.2 Å². The van der Waals surface area contributed by atoms with Crippen molar-refractivity contribution < 1.29 is 13.2 Å². The van der Waals surface area contributed by atoms with E-state index in [-0.39, 0.29) is 21.6 Å². The molecule has 2 aromatic heterocycles. The van der Waals surface area contributed by atoms with Crippen LogP contribution >= 0.6 is 11.3 Å². The van der Waals surface area contributed by atoms with E-state index in [0.717, 1.165) is 30.3 Å². The minimum Gasteiger partial charge on any atom is -0.354 e. The number of amidine groups is 1. The quantitative estimate of drug-likeness (QED) is 0.714. The summed E-state index contributed by atoms with van der Waals surface area (Å²) in [5.41, 5.74) is 1.10. The molecule has 4 rings (SSSR count). The number of rotatable bonds is 6. The highest BCUT2D eigenvalue weighted by Gasteiger charge is 2.22. The van der Waals surface area contributed by atoms with Crippen LogP contribution < -0.4 is 10.2 Å². The van der Waals surface area contributed by atoms with Crippen LogP contribution in [0.1, 0.15) is 5.69 Å². The van der Waals surface area contributed by atoms with Crippen LogP contribution in [0.4, 0.5) is 5.13 Å². The monoisotopic (exact) mass is 444 g/mol. The van der Waals surface area contributed by atoms with Gasteiger partial charge in [0.25, 0.3) is 5.91 Å². The molecule has 0 unspecified atom stereocenters. The molecule has 0 atom stereocenters. The first-order valence-corrected chi connectivity index (χ1v) is 11.5. The summed E-state index contributed by atoms with van der Waals surface area (Å²) in [5, 5.41) is 3.41. The molecule has 4 heterocycles. The van der Waals surface area contributed by atoms with E-state index in [4.69, 9.17) is 0 Å². The van der Waals surface area contributed by atoms with Crippen molar-refractivity contribution in [2.75, 3.05) is 32.1 Å². The lowest BCUT2D eigenvalue weighted by atomic mass is 10.2. The van der Waals surface area contributed by atoms with Gasteiger partial charge in [-0.2, -0.15) is 0 Å². The SMILES string of the molecule is CN(C)c1ncc(S(=O)(=O)c2ccc(CNC(=O)C3=CN4CCN=C4C=C3)nc2)s1. The highest BCUT2D eigenvalue weighted by atomic mass is 32.2. The fourth-order valence-corrected chi connectivity index (χ4v) is 5.30. The smallest absolute Gasteiger partial charge is 0.253 e. The van der Waals surface area contributed by atoms with Crippen LogP contribution in [-0.2, 0) is 21.2 Å². The molecule has 1 amide bonds. The van der Waals surface area contributed by atoms with Crippen molar-refractivity contribution in [1.29, 1.82) is 0 Å². The Bertz CT molecular complexity index is 1160. The summed E-state index contributed by atoms with van der Waals surface area (Å²) in [7, 11) is -0.0762. The Morgan fingerprint density at radius 2 is 2.07 bits per heavy atom. The third-order valence-electron chi connectivity index (χ3n) is 4.54. The third-order valence-corrected chi connectivity index (χ3v) is 7.90. The van der Waals surface area contributed by atoms with E-state index >= 15 is 0 Å². The van der Waals surface area contributed by atoms with Crippen LogP contribution in [0.25, 0.3) is 0 Å². The Kier molecular flexibility index (Phi) is 5.39. The van der Waals surface area contributed by atoms with E-state index in [2.05, 4.69) is 20.3 Å². The summed E-state index contributed by atoms with van der Waals surface area (Å²) < 4.78 is 25.7. The maximum Gasteiger partial charge on any atom is 0.253 e. The van der Waals surface area contributed by atoms with E-state index in [1.807, 2.05) is 11.0 Å². The summed E-state index contributed by atoms with van der Waals surface area (Å²) in [6, 6.07) is 3.09. The normalized spacial score (nSPS) is 15.5.